The Morgan fingerprint density at radius 1 is 0.762 bits per heavy atom. The van der Waals surface area contributed by atoms with Crippen molar-refractivity contribution in [2.24, 2.45) is 0 Å². The number of carbonyl (C=O) groups is 1. The number of aromatic nitrogens is 4. The first-order chi connectivity index (χ1) is 20.5. The molecule has 6 rings (SSSR count). The maximum atomic E-state index is 12.7. The minimum absolute atomic E-state index is 0.0572. The SMILES string of the molecule is Cc1ccc(C(=O)Nc2ccc(Nc3nc(N4CCCCC4)nc(N4CCN(c5ccncc5)CC4)n3)cc2O)cc1. The van der Waals surface area contributed by atoms with Gasteiger partial charge in [0, 0.05) is 74.7 Å². The zero-order valence-electron chi connectivity index (χ0n) is 23.7. The van der Waals surface area contributed by atoms with Gasteiger partial charge in [0.25, 0.3) is 5.91 Å². The Labute approximate surface area is 245 Å². The number of hydrogen-bond acceptors (Lipinski definition) is 10. The third-order valence-corrected chi connectivity index (χ3v) is 7.66. The fraction of sp³-hybridized carbons (Fsp3) is 0.323. The third kappa shape index (κ3) is 6.35. The average molecular weight is 566 g/mol. The summed E-state index contributed by atoms with van der Waals surface area (Å²) in [5, 5.41) is 16.7. The topological polar surface area (TPSA) is 123 Å². The Kier molecular flexibility index (Phi) is 7.98. The number of piperazine rings is 1. The molecule has 0 atom stereocenters. The van der Waals surface area contributed by atoms with Gasteiger partial charge < -0.3 is 30.4 Å². The van der Waals surface area contributed by atoms with Crippen LogP contribution in [0.3, 0.4) is 0 Å². The summed E-state index contributed by atoms with van der Waals surface area (Å²) in [6.45, 7) is 7.04. The molecule has 0 saturated carbocycles. The fourth-order valence-corrected chi connectivity index (χ4v) is 5.25. The molecule has 11 heteroatoms. The van der Waals surface area contributed by atoms with Crippen LogP contribution in [0.4, 0.5) is 34.9 Å². The molecule has 2 aliphatic heterocycles. The minimum Gasteiger partial charge on any atom is -0.506 e. The lowest BCUT2D eigenvalue weighted by atomic mass is 10.1. The van der Waals surface area contributed by atoms with Gasteiger partial charge in [-0.3, -0.25) is 9.78 Å². The number of phenols is 1. The molecule has 0 bridgehead atoms. The van der Waals surface area contributed by atoms with Crippen molar-refractivity contribution in [3.05, 3.63) is 78.1 Å². The zero-order chi connectivity index (χ0) is 28.9. The van der Waals surface area contributed by atoms with Gasteiger partial charge in [0.2, 0.25) is 17.8 Å². The summed E-state index contributed by atoms with van der Waals surface area (Å²) < 4.78 is 0. The van der Waals surface area contributed by atoms with Gasteiger partial charge in [0.15, 0.2) is 0 Å². The number of hydrogen-bond donors (Lipinski definition) is 3. The van der Waals surface area contributed by atoms with Gasteiger partial charge in [-0.15, -0.1) is 0 Å². The number of benzene rings is 2. The number of nitrogens with zero attached hydrogens (tertiary/aromatic N) is 7. The molecule has 2 saturated heterocycles. The summed E-state index contributed by atoms with van der Waals surface area (Å²) in [6, 6.07) is 16.3. The Morgan fingerprint density at radius 2 is 1.40 bits per heavy atom. The molecule has 2 aromatic heterocycles. The number of piperidine rings is 1. The van der Waals surface area contributed by atoms with Crippen LogP contribution in [-0.2, 0) is 0 Å². The molecule has 0 aliphatic carbocycles. The number of aryl methyl sites for hydroxylation is 1. The molecule has 3 N–H and O–H groups in total. The lowest BCUT2D eigenvalue weighted by Gasteiger charge is -2.36. The lowest BCUT2D eigenvalue weighted by Crippen LogP contribution is -2.47. The Balaban J connectivity index is 1.19. The first-order valence-electron chi connectivity index (χ1n) is 14.4. The van der Waals surface area contributed by atoms with Gasteiger partial charge >= 0.3 is 0 Å². The molecule has 0 spiro atoms. The maximum absolute atomic E-state index is 12.7. The highest BCUT2D eigenvalue weighted by atomic mass is 16.3. The van der Waals surface area contributed by atoms with E-state index in [0.29, 0.717) is 34.8 Å². The second-order valence-electron chi connectivity index (χ2n) is 10.7. The lowest BCUT2D eigenvalue weighted by molar-refractivity contribution is 0.102. The fourth-order valence-electron chi connectivity index (χ4n) is 5.25. The summed E-state index contributed by atoms with van der Waals surface area (Å²) in [5.74, 6) is 1.35. The molecule has 0 radical (unpaired) electrons. The van der Waals surface area contributed by atoms with Crippen molar-refractivity contribution in [1.29, 1.82) is 0 Å². The molecule has 11 nitrogen and oxygen atoms in total. The maximum Gasteiger partial charge on any atom is 0.255 e. The number of phenolic OH excluding ortho intramolecular Hbond substituents is 1. The molecule has 4 aromatic rings. The van der Waals surface area contributed by atoms with Crippen molar-refractivity contribution >= 4 is 40.8 Å². The summed E-state index contributed by atoms with van der Waals surface area (Å²) in [7, 11) is 0. The van der Waals surface area contributed by atoms with E-state index in [2.05, 4.69) is 30.3 Å². The summed E-state index contributed by atoms with van der Waals surface area (Å²) in [6.07, 6.45) is 7.07. The second-order valence-corrected chi connectivity index (χ2v) is 10.7. The third-order valence-electron chi connectivity index (χ3n) is 7.66. The van der Waals surface area contributed by atoms with E-state index in [4.69, 9.17) is 15.0 Å². The smallest absolute Gasteiger partial charge is 0.255 e. The normalized spacial score (nSPS) is 15.4. The molecular formula is C31H35N9O2. The van der Waals surface area contributed by atoms with Crippen LogP contribution in [0.15, 0.2) is 67.0 Å². The number of aromatic hydroxyl groups is 1. The van der Waals surface area contributed by atoms with Crippen LogP contribution in [0, 0.1) is 6.92 Å². The van der Waals surface area contributed by atoms with Gasteiger partial charge in [-0.25, -0.2) is 0 Å². The van der Waals surface area contributed by atoms with E-state index in [9.17, 15) is 9.90 Å². The minimum atomic E-state index is -0.289. The van der Waals surface area contributed by atoms with Gasteiger partial charge in [-0.05, 0) is 62.6 Å². The van der Waals surface area contributed by atoms with E-state index in [1.807, 2.05) is 43.6 Å². The van der Waals surface area contributed by atoms with E-state index in [1.165, 1.54) is 6.42 Å². The number of anilines is 6. The Hall–Kier alpha value is -4.93. The first kappa shape index (κ1) is 27.3. The first-order valence-corrected chi connectivity index (χ1v) is 14.4. The van der Waals surface area contributed by atoms with Gasteiger partial charge in [0.05, 0.1) is 5.69 Å². The molecule has 2 aromatic carbocycles. The van der Waals surface area contributed by atoms with Gasteiger partial charge in [0.1, 0.15) is 5.75 Å². The number of amides is 1. The van der Waals surface area contributed by atoms with Crippen LogP contribution in [0.25, 0.3) is 0 Å². The van der Waals surface area contributed by atoms with Crippen molar-refractivity contribution in [3.8, 4) is 5.75 Å². The van der Waals surface area contributed by atoms with E-state index in [1.54, 1.807) is 30.3 Å². The Morgan fingerprint density at radius 3 is 2.07 bits per heavy atom. The molecule has 42 heavy (non-hydrogen) atoms. The van der Waals surface area contributed by atoms with E-state index < -0.39 is 0 Å². The van der Waals surface area contributed by atoms with Crippen molar-refractivity contribution < 1.29 is 9.90 Å². The molecule has 2 aliphatic rings. The molecule has 4 heterocycles. The van der Waals surface area contributed by atoms with E-state index in [0.717, 1.165) is 63.4 Å². The van der Waals surface area contributed by atoms with Crippen LogP contribution in [-0.4, -0.2) is 70.2 Å². The van der Waals surface area contributed by atoms with Crippen LogP contribution < -0.4 is 25.3 Å². The van der Waals surface area contributed by atoms with Crippen LogP contribution in [0.2, 0.25) is 0 Å². The zero-order valence-corrected chi connectivity index (χ0v) is 23.7. The molecule has 216 valence electrons. The molecular weight excluding hydrogens is 530 g/mol. The summed E-state index contributed by atoms with van der Waals surface area (Å²) >= 11 is 0. The summed E-state index contributed by atoms with van der Waals surface area (Å²) in [4.78, 5) is 37.9. The van der Waals surface area contributed by atoms with Crippen molar-refractivity contribution in [2.45, 2.75) is 26.2 Å². The largest absolute Gasteiger partial charge is 0.506 e. The predicted octanol–water partition coefficient (Wildman–Crippen LogP) is 4.59. The summed E-state index contributed by atoms with van der Waals surface area (Å²) in [5.41, 5.74) is 3.68. The molecule has 0 unspecified atom stereocenters. The average Bonchev–Trinajstić information content (AvgIpc) is 3.03. The van der Waals surface area contributed by atoms with Crippen molar-refractivity contribution in [1.82, 2.24) is 19.9 Å². The van der Waals surface area contributed by atoms with Crippen molar-refractivity contribution in [3.63, 3.8) is 0 Å². The van der Waals surface area contributed by atoms with E-state index >= 15 is 0 Å². The highest BCUT2D eigenvalue weighted by Gasteiger charge is 2.23. The predicted molar refractivity (Wildman–Crippen MR) is 165 cm³/mol. The standard InChI is InChI=1S/C31H35N9O2/c1-22-5-7-23(8-6-22)28(42)34-26-10-9-24(21-27(26)41)33-29-35-30(39-15-3-2-4-16-39)37-31(36-29)40-19-17-38(18-20-40)25-11-13-32-14-12-25/h5-14,21,41H,2-4,15-20H2,1H3,(H,34,42)(H,33,35,36,37). The quantitative estimate of drug-likeness (QED) is 0.274. The number of rotatable bonds is 7. The van der Waals surface area contributed by atoms with Gasteiger partial charge in [-0.1, -0.05) is 17.7 Å². The van der Waals surface area contributed by atoms with E-state index in [-0.39, 0.29) is 11.7 Å². The number of nitrogens with one attached hydrogen (secondary N) is 2. The van der Waals surface area contributed by atoms with Crippen LogP contribution in [0.5, 0.6) is 5.75 Å². The number of pyridine rings is 1. The highest BCUT2D eigenvalue weighted by molar-refractivity contribution is 6.05. The highest BCUT2D eigenvalue weighted by Crippen LogP contribution is 2.30. The second kappa shape index (κ2) is 12.3. The van der Waals surface area contributed by atoms with Gasteiger partial charge in [-0.2, -0.15) is 15.0 Å². The van der Waals surface area contributed by atoms with Crippen LogP contribution >= 0.6 is 0 Å². The molecule has 1 amide bonds. The van der Waals surface area contributed by atoms with Crippen molar-refractivity contribution in [2.75, 3.05) is 64.6 Å². The number of carbonyl (C=O) groups excluding carboxylic acids is 1. The molecule has 2 fully saturated rings. The Bertz CT molecular complexity index is 1520. The van der Waals surface area contributed by atoms with Crippen LogP contribution in [0.1, 0.15) is 35.2 Å². The monoisotopic (exact) mass is 565 g/mol.